The second-order valence-electron chi connectivity index (χ2n) is 1.45. The minimum absolute atomic E-state index is 2.00. The normalized spacial score (nSPS) is 9.67. The summed E-state index contributed by atoms with van der Waals surface area (Å²) < 4.78 is 0. The highest BCUT2D eigenvalue weighted by Gasteiger charge is 1.66. The third-order valence-corrected chi connectivity index (χ3v) is 0.447. The predicted molar refractivity (Wildman–Crippen MR) is 31.1 cm³/mol. The van der Waals surface area contributed by atoms with Crippen molar-refractivity contribution in [3.8, 4) is 0 Å². The van der Waals surface area contributed by atoms with Gasteiger partial charge >= 0.3 is 0 Å². The first-order valence-corrected chi connectivity index (χ1v) is 2.06. The zero-order valence-corrected chi connectivity index (χ0v) is 4.60. The lowest BCUT2D eigenvalue weighted by atomic mass is 10.4. The minimum Gasteiger partial charge on any atom is -0.430 e. The zero-order chi connectivity index (χ0) is 4.99. The number of rotatable bonds is 1. The van der Waals surface area contributed by atoms with Crippen molar-refractivity contribution in [1.82, 2.24) is 4.81 Å². The maximum Gasteiger partial charge on any atom is 0.216 e. The van der Waals surface area contributed by atoms with Crippen LogP contribution in [0.2, 0.25) is 0 Å². The molecule has 6 heavy (non-hydrogen) atoms. The molecule has 0 spiro atoms. The standard InChI is InChI=1S/C4H10BN/c1-3-4-6(2)5/h3-4H,5H2,1-2H3/b4-3-. The fourth-order valence-electron chi connectivity index (χ4n) is 0.298. The van der Waals surface area contributed by atoms with Crippen LogP contribution in [0.4, 0.5) is 0 Å². The quantitative estimate of drug-likeness (QED) is 0.403. The van der Waals surface area contributed by atoms with Gasteiger partial charge in [0.05, 0.1) is 0 Å². The van der Waals surface area contributed by atoms with Gasteiger partial charge in [-0.05, 0) is 20.2 Å². The van der Waals surface area contributed by atoms with Gasteiger partial charge in [-0.1, -0.05) is 6.08 Å². The lowest BCUT2D eigenvalue weighted by molar-refractivity contribution is 0.747. The molecular formula is C4H10BN. The molecule has 0 N–H and O–H groups in total. The minimum atomic E-state index is 2.00. The first-order valence-electron chi connectivity index (χ1n) is 2.06. The van der Waals surface area contributed by atoms with Crippen LogP contribution in [-0.4, -0.2) is 19.8 Å². The van der Waals surface area contributed by atoms with E-state index in [1.165, 1.54) is 0 Å². The van der Waals surface area contributed by atoms with E-state index in [1.807, 2.05) is 39.0 Å². The van der Waals surface area contributed by atoms with Gasteiger partial charge in [-0.15, -0.1) is 0 Å². The van der Waals surface area contributed by atoms with Crippen LogP contribution in [0.5, 0.6) is 0 Å². The highest BCUT2D eigenvalue weighted by molar-refractivity contribution is 6.04. The van der Waals surface area contributed by atoms with E-state index in [4.69, 9.17) is 0 Å². The Labute approximate surface area is 40.1 Å². The Balaban J connectivity index is 3.03. The first-order chi connectivity index (χ1) is 2.77. The molecule has 0 saturated carbocycles. The van der Waals surface area contributed by atoms with E-state index in [-0.39, 0.29) is 0 Å². The van der Waals surface area contributed by atoms with Crippen molar-refractivity contribution in [1.29, 1.82) is 0 Å². The fourth-order valence-corrected chi connectivity index (χ4v) is 0.298. The Bertz CT molecular complexity index is 49.5. The van der Waals surface area contributed by atoms with Gasteiger partial charge in [0.2, 0.25) is 7.98 Å². The third kappa shape index (κ3) is 3.60. The molecule has 1 nitrogen and oxygen atoms in total. The Morgan fingerprint density at radius 2 is 2.17 bits per heavy atom. The Kier molecular flexibility index (Phi) is 2.64. The van der Waals surface area contributed by atoms with Crippen LogP contribution in [0.1, 0.15) is 6.92 Å². The number of hydrogen-bond acceptors (Lipinski definition) is 1. The van der Waals surface area contributed by atoms with Gasteiger partial charge in [-0.2, -0.15) is 0 Å². The average molecular weight is 82.9 g/mol. The smallest absolute Gasteiger partial charge is 0.216 e. The molecule has 0 heterocycles. The van der Waals surface area contributed by atoms with Crippen LogP contribution < -0.4 is 0 Å². The number of nitrogens with zero attached hydrogens (tertiary/aromatic N) is 1. The molecule has 0 aromatic rings. The lowest BCUT2D eigenvalue weighted by Gasteiger charge is -2.00. The summed E-state index contributed by atoms with van der Waals surface area (Å²) in [6.45, 7) is 2.00. The molecule has 0 radical (unpaired) electrons. The van der Waals surface area contributed by atoms with Crippen molar-refractivity contribution in [2.24, 2.45) is 0 Å². The zero-order valence-electron chi connectivity index (χ0n) is 4.60. The number of allylic oxidation sites excluding steroid dienone is 1. The van der Waals surface area contributed by atoms with E-state index in [2.05, 4.69) is 0 Å². The maximum absolute atomic E-state index is 2.00. The fraction of sp³-hybridized carbons (Fsp3) is 0.500. The summed E-state index contributed by atoms with van der Waals surface area (Å²) in [4.78, 5) is 2.00. The van der Waals surface area contributed by atoms with Crippen LogP contribution in [0, 0.1) is 0 Å². The Morgan fingerprint density at radius 1 is 1.67 bits per heavy atom. The molecule has 0 atom stereocenters. The molecule has 0 rings (SSSR count). The molecule has 34 valence electrons. The van der Waals surface area contributed by atoms with Gasteiger partial charge in [-0.25, -0.2) is 0 Å². The van der Waals surface area contributed by atoms with Crippen LogP contribution in [0.3, 0.4) is 0 Å². The monoisotopic (exact) mass is 83.1 g/mol. The molecule has 2 heteroatoms. The van der Waals surface area contributed by atoms with E-state index in [0.717, 1.165) is 0 Å². The van der Waals surface area contributed by atoms with Crippen LogP contribution in [-0.2, 0) is 0 Å². The van der Waals surface area contributed by atoms with Crippen molar-refractivity contribution >= 4 is 7.98 Å². The van der Waals surface area contributed by atoms with Crippen molar-refractivity contribution in [3.05, 3.63) is 12.3 Å². The summed E-state index contributed by atoms with van der Waals surface area (Å²) in [5.41, 5.74) is 0. The molecule has 0 aromatic heterocycles. The second kappa shape index (κ2) is 2.82. The van der Waals surface area contributed by atoms with E-state index < -0.39 is 0 Å². The summed E-state index contributed by atoms with van der Waals surface area (Å²) in [6, 6.07) is 0. The van der Waals surface area contributed by atoms with E-state index >= 15 is 0 Å². The van der Waals surface area contributed by atoms with Crippen molar-refractivity contribution in [2.45, 2.75) is 6.92 Å². The van der Waals surface area contributed by atoms with Crippen LogP contribution in [0.25, 0.3) is 0 Å². The van der Waals surface area contributed by atoms with Gasteiger partial charge in [0.25, 0.3) is 0 Å². The molecule has 0 aliphatic rings. The predicted octanol–water partition coefficient (Wildman–Crippen LogP) is -0.0001000. The molecule has 0 fully saturated rings. The van der Waals surface area contributed by atoms with E-state index in [9.17, 15) is 0 Å². The van der Waals surface area contributed by atoms with E-state index in [1.54, 1.807) is 0 Å². The van der Waals surface area contributed by atoms with Crippen molar-refractivity contribution < 1.29 is 0 Å². The molecular weight excluding hydrogens is 72.9 g/mol. The number of hydrogen-bond donors (Lipinski definition) is 0. The van der Waals surface area contributed by atoms with Gasteiger partial charge in [-0.3, -0.25) is 0 Å². The molecule has 0 bridgehead atoms. The molecule has 0 saturated heterocycles. The highest BCUT2D eigenvalue weighted by Crippen LogP contribution is 1.70. The van der Waals surface area contributed by atoms with Crippen LogP contribution >= 0.6 is 0 Å². The Hall–Kier alpha value is -0.395. The topological polar surface area (TPSA) is 3.24 Å². The third-order valence-electron chi connectivity index (χ3n) is 0.447. The molecule has 0 unspecified atom stereocenters. The van der Waals surface area contributed by atoms with Gasteiger partial charge in [0.1, 0.15) is 0 Å². The summed E-state index contributed by atoms with van der Waals surface area (Å²) >= 11 is 0. The van der Waals surface area contributed by atoms with E-state index in [0.29, 0.717) is 0 Å². The first kappa shape index (κ1) is 5.60. The SMILES string of the molecule is BN(C)/C=C\C. The van der Waals surface area contributed by atoms with Gasteiger partial charge < -0.3 is 4.81 Å². The summed E-state index contributed by atoms with van der Waals surface area (Å²) in [7, 11) is 4.00. The average Bonchev–Trinajstić information content (AvgIpc) is 1.35. The lowest BCUT2D eigenvalue weighted by Crippen LogP contribution is -2.01. The van der Waals surface area contributed by atoms with Crippen LogP contribution in [0.15, 0.2) is 12.3 Å². The van der Waals surface area contributed by atoms with Gasteiger partial charge in [0.15, 0.2) is 0 Å². The van der Waals surface area contributed by atoms with Gasteiger partial charge in [0, 0.05) is 0 Å². The molecule has 0 aliphatic heterocycles. The second-order valence-corrected chi connectivity index (χ2v) is 1.45. The summed E-state index contributed by atoms with van der Waals surface area (Å²) in [5, 5.41) is 0. The highest BCUT2D eigenvalue weighted by atomic mass is 15.0. The van der Waals surface area contributed by atoms with Crippen molar-refractivity contribution in [3.63, 3.8) is 0 Å². The molecule has 0 aromatic carbocycles. The largest absolute Gasteiger partial charge is 0.430 e. The maximum atomic E-state index is 2.00. The molecule has 0 aliphatic carbocycles. The summed E-state index contributed by atoms with van der Waals surface area (Å²) in [6.07, 6.45) is 4.00. The van der Waals surface area contributed by atoms with Crippen molar-refractivity contribution in [2.75, 3.05) is 7.05 Å². The molecule has 0 amide bonds. The Morgan fingerprint density at radius 3 is 2.17 bits per heavy atom. The summed E-state index contributed by atoms with van der Waals surface area (Å²) in [5.74, 6) is 0.